The van der Waals surface area contributed by atoms with Crippen LogP contribution in [0.2, 0.25) is 0 Å². The van der Waals surface area contributed by atoms with Crippen LogP contribution in [-0.2, 0) is 15.8 Å². The van der Waals surface area contributed by atoms with Crippen molar-refractivity contribution in [2.75, 3.05) is 16.7 Å². The van der Waals surface area contributed by atoms with E-state index >= 15 is 0 Å². The summed E-state index contributed by atoms with van der Waals surface area (Å²) in [4.78, 5) is 14.4. The molecule has 0 bridgehead atoms. The summed E-state index contributed by atoms with van der Waals surface area (Å²) in [5, 5.41) is 0. The standard InChI is InChI=1S/C22H20N2O4S/c1-15-7-3-4-8-16(15)14-29(26,27)23-17-11-12-20-18(13-17)22(25)24(2)19-9-5-6-10-21(19)28-20/h3-13,23H,14H2,1-2H3. The van der Waals surface area contributed by atoms with Gasteiger partial charge in [-0.3, -0.25) is 9.52 Å². The van der Waals surface area contributed by atoms with E-state index in [2.05, 4.69) is 4.72 Å². The number of aryl methyl sites for hydroxylation is 1. The van der Waals surface area contributed by atoms with E-state index in [9.17, 15) is 13.2 Å². The number of amides is 1. The van der Waals surface area contributed by atoms with Crippen molar-refractivity contribution in [1.29, 1.82) is 0 Å². The highest BCUT2D eigenvalue weighted by Crippen LogP contribution is 2.39. The summed E-state index contributed by atoms with van der Waals surface area (Å²) < 4.78 is 33.8. The van der Waals surface area contributed by atoms with Crippen LogP contribution in [-0.4, -0.2) is 21.4 Å². The minimum atomic E-state index is -3.65. The lowest BCUT2D eigenvalue weighted by atomic mass is 10.1. The number of rotatable bonds is 4. The Morgan fingerprint density at radius 2 is 1.69 bits per heavy atom. The summed E-state index contributed by atoms with van der Waals surface area (Å²) in [6, 6.07) is 19.3. The summed E-state index contributed by atoms with van der Waals surface area (Å²) >= 11 is 0. The van der Waals surface area contributed by atoms with Gasteiger partial charge in [-0.05, 0) is 48.4 Å². The van der Waals surface area contributed by atoms with Crippen LogP contribution in [0.5, 0.6) is 11.5 Å². The number of ether oxygens (including phenoxy) is 1. The molecule has 4 rings (SSSR count). The van der Waals surface area contributed by atoms with Crippen molar-refractivity contribution in [2.24, 2.45) is 0 Å². The van der Waals surface area contributed by atoms with Gasteiger partial charge in [0, 0.05) is 12.7 Å². The summed E-state index contributed by atoms with van der Waals surface area (Å²) in [5.41, 5.74) is 2.89. The lowest BCUT2D eigenvalue weighted by molar-refractivity contribution is 0.0993. The average Bonchev–Trinajstić information content (AvgIpc) is 2.79. The maximum Gasteiger partial charge on any atom is 0.261 e. The van der Waals surface area contributed by atoms with Crippen molar-refractivity contribution in [1.82, 2.24) is 0 Å². The number of carbonyl (C=O) groups is 1. The van der Waals surface area contributed by atoms with E-state index in [1.165, 1.54) is 11.0 Å². The van der Waals surface area contributed by atoms with Gasteiger partial charge in [0.05, 0.1) is 17.0 Å². The van der Waals surface area contributed by atoms with Crippen LogP contribution in [0.1, 0.15) is 21.5 Å². The molecule has 29 heavy (non-hydrogen) atoms. The van der Waals surface area contributed by atoms with Gasteiger partial charge in [0.15, 0.2) is 5.75 Å². The lowest BCUT2D eigenvalue weighted by Gasteiger charge is -2.16. The van der Waals surface area contributed by atoms with Crippen molar-refractivity contribution >= 4 is 27.3 Å². The molecule has 0 atom stereocenters. The van der Waals surface area contributed by atoms with E-state index < -0.39 is 10.0 Å². The predicted octanol–water partition coefficient (Wildman–Crippen LogP) is 4.32. The Hall–Kier alpha value is -3.32. The van der Waals surface area contributed by atoms with Crippen LogP contribution in [0.15, 0.2) is 66.7 Å². The molecule has 3 aromatic rings. The molecule has 0 spiro atoms. The summed E-state index contributed by atoms with van der Waals surface area (Å²) in [7, 11) is -1.98. The number of hydrogen-bond donors (Lipinski definition) is 1. The molecule has 0 unspecified atom stereocenters. The topological polar surface area (TPSA) is 75.7 Å². The monoisotopic (exact) mass is 408 g/mol. The quantitative estimate of drug-likeness (QED) is 0.698. The smallest absolute Gasteiger partial charge is 0.261 e. The van der Waals surface area contributed by atoms with Crippen LogP contribution in [0.4, 0.5) is 11.4 Å². The number of anilines is 2. The van der Waals surface area contributed by atoms with Crippen molar-refractivity contribution in [3.63, 3.8) is 0 Å². The first kappa shape index (κ1) is 19.0. The zero-order valence-electron chi connectivity index (χ0n) is 16.0. The number of hydrogen-bond acceptors (Lipinski definition) is 4. The molecule has 148 valence electrons. The van der Waals surface area contributed by atoms with Crippen LogP contribution in [0, 0.1) is 6.92 Å². The fourth-order valence-electron chi connectivity index (χ4n) is 3.27. The van der Waals surface area contributed by atoms with Gasteiger partial charge in [-0.15, -0.1) is 0 Å². The highest BCUT2D eigenvalue weighted by Gasteiger charge is 2.26. The van der Waals surface area contributed by atoms with Crippen molar-refractivity contribution in [3.8, 4) is 11.5 Å². The Bertz CT molecular complexity index is 1200. The molecule has 3 aromatic carbocycles. The molecule has 0 saturated carbocycles. The van der Waals surface area contributed by atoms with Crippen molar-refractivity contribution in [2.45, 2.75) is 12.7 Å². The molecular weight excluding hydrogens is 388 g/mol. The molecule has 0 fully saturated rings. The Labute approximate surface area is 169 Å². The summed E-state index contributed by atoms with van der Waals surface area (Å²) in [5.74, 6) is 0.528. The van der Waals surface area contributed by atoms with E-state index in [4.69, 9.17) is 4.74 Å². The third-order valence-electron chi connectivity index (χ3n) is 4.84. The normalized spacial score (nSPS) is 13.2. The Morgan fingerprint density at radius 3 is 2.48 bits per heavy atom. The number of nitrogens with one attached hydrogen (secondary N) is 1. The van der Waals surface area contributed by atoms with Crippen LogP contribution < -0.4 is 14.4 Å². The fraction of sp³-hybridized carbons (Fsp3) is 0.136. The van der Waals surface area contributed by atoms with Crippen LogP contribution >= 0.6 is 0 Å². The molecule has 1 N–H and O–H groups in total. The zero-order valence-corrected chi connectivity index (χ0v) is 16.9. The molecule has 1 amide bonds. The van der Waals surface area contributed by atoms with E-state index in [1.54, 1.807) is 37.4 Å². The SMILES string of the molecule is Cc1ccccc1CS(=O)(=O)Nc1ccc2c(c1)C(=O)N(C)c1ccccc1O2. The molecule has 1 aliphatic heterocycles. The second-order valence-corrected chi connectivity index (χ2v) is 8.65. The number of fused-ring (bicyclic) bond motifs is 2. The van der Waals surface area contributed by atoms with Gasteiger partial charge in [-0.1, -0.05) is 36.4 Å². The van der Waals surface area contributed by atoms with Gasteiger partial charge < -0.3 is 9.64 Å². The Balaban J connectivity index is 1.64. The second-order valence-electron chi connectivity index (χ2n) is 6.93. The molecule has 7 heteroatoms. The first-order chi connectivity index (χ1) is 13.8. The van der Waals surface area contributed by atoms with Gasteiger partial charge in [0.25, 0.3) is 5.91 Å². The number of sulfonamides is 1. The van der Waals surface area contributed by atoms with Gasteiger partial charge in [-0.25, -0.2) is 8.42 Å². The maximum absolute atomic E-state index is 12.9. The minimum absolute atomic E-state index is 0.146. The van der Waals surface area contributed by atoms with E-state index in [1.807, 2.05) is 37.3 Å². The van der Waals surface area contributed by atoms with Gasteiger partial charge in [0.2, 0.25) is 10.0 Å². The zero-order chi connectivity index (χ0) is 20.6. The molecule has 0 aliphatic carbocycles. The number of para-hydroxylation sites is 2. The first-order valence-corrected chi connectivity index (χ1v) is 10.7. The van der Waals surface area contributed by atoms with E-state index in [0.29, 0.717) is 28.4 Å². The number of carbonyl (C=O) groups excluding carboxylic acids is 1. The third-order valence-corrected chi connectivity index (χ3v) is 6.08. The van der Waals surface area contributed by atoms with Gasteiger partial charge >= 0.3 is 0 Å². The molecule has 6 nitrogen and oxygen atoms in total. The predicted molar refractivity (Wildman–Crippen MR) is 113 cm³/mol. The highest BCUT2D eigenvalue weighted by molar-refractivity contribution is 7.91. The maximum atomic E-state index is 12.9. The van der Waals surface area contributed by atoms with Crippen molar-refractivity contribution in [3.05, 3.63) is 83.4 Å². The summed E-state index contributed by atoms with van der Waals surface area (Å²) in [6.45, 7) is 1.87. The summed E-state index contributed by atoms with van der Waals surface area (Å²) in [6.07, 6.45) is 0. The first-order valence-electron chi connectivity index (χ1n) is 9.08. The highest BCUT2D eigenvalue weighted by atomic mass is 32.2. The van der Waals surface area contributed by atoms with Gasteiger partial charge in [-0.2, -0.15) is 0 Å². The molecule has 1 heterocycles. The average molecular weight is 408 g/mol. The van der Waals surface area contributed by atoms with Crippen LogP contribution in [0.25, 0.3) is 0 Å². The van der Waals surface area contributed by atoms with Crippen molar-refractivity contribution < 1.29 is 17.9 Å². The Morgan fingerprint density at radius 1 is 0.966 bits per heavy atom. The molecule has 0 radical (unpaired) electrons. The lowest BCUT2D eigenvalue weighted by Crippen LogP contribution is -2.25. The molecule has 0 aromatic heterocycles. The largest absolute Gasteiger partial charge is 0.454 e. The second kappa shape index (κ2) is 7.25. The fourth-order valence-corrected chi connectivity index (χ4v) is 4.56. The number of nitrogens with zero attached hydrogens (tertiary/aromatic N) is 1. The molecular formula is C22H20N2O4S. The van der Waals surface area contributed by atoms with Crippen LogP contribution in [0.3, 0.4) is 0 Å². The van der Waals surface area contributed by atoms with E-state index in [0.717, 1.165) is 11.1 Å². The van der Waals surface area contributed by atoms with Gasteiger partial charge in [0.1, 0.15) is 5.75 Å². The third kappa shape index (κ3) is 3.82. The van der Waals surface area contributed by atoms with E-state index in [-0.39, 0.29) is 11.7 Å². The number of benzene rings is 3. The molecule has 1 aliphatic rings. The molecule has 0 saturated heterocycles. The minimum Gasteiger partial charge on any atom is -0.454 e. The Kier molecular flexibility index (Phi) is 4.76.